The van der Waals surface area contributed by atoms with Crippen LogP contribution in [-0.2, 0) is 11.3 Å². The summed E-state index contributed by atoms with van der Waals surface area (Å²) >= 11 is 3.51. The molecule has 0 saturated carbocycles. The summed E-state index contributed by atoms with van der Waals surface area (Å²) < 4.78 is 6.48. The second kappa shape index (κ2) is 6.49. The van der Waals surface area contributed by atoms with E-state index >= 15 is 0 Å². The van der Waals surface area contributed by atoms with Crippen LogP contribution in [0.15, 0.2) is 22.7 Å². The molecule has 19 heavy (non-hydrogen) atoms. The molecule has 0 radical (unpaired) electrons. The van der Waals surface area contributed by atoms with E-state index < -0.39 is 0 Å². The normalized spacial score (nSPS) is 24.1. The first-order valence-electron chi connectivity index (χ1n) is 6.29. The zero-order valence-electron chi connectivity index (χ0n) is 10.8. The Labute approximate surface area is 121 Å². The Hall–Kier alpha value is -0.930. The highest BCUT2D eigenvalue weighted by Crippen LogP contribution is 2.22. The molecule has 1 aliphatic rings. The summed E-state index contributed by atoms with van der Waals surface area (Å²) in [7, 11) is 0. The van der Waals surface area contributed by atoms with Crippen molar-refractivity contribution in [1.82, 2.24) is 4.90 Å². The van der Waals surface area contributed by atoms with Crippen molar-refractivity contribution in [2.45, 2.75) is 25.6 Å². The molecule has 0 amide bonds. The average molecular weight is 325 g/mol. The maximum atomic E-state index is 9.19. The van der Waals surface area contributed by atoms with Gasteiger partial charge in [-0.15, -0.1) is 0 Å². The highest BCUT2D eigenvalue weighted by atomic mass is 79.9. The summed E-state index contributed by atoms with van der Waals surface area (Å²) in [6.45, 7) is 4.32. The summed E-state index contributed by atoms with van der Waals surface area (Å²) in [6, 6.07) is 8.09. The summed E-state index contributed by atoms with van der Waals surface area (Å²) in [4.78, 5) is 2.29. The number of nitriles is 1. The van der Waals surface area contributed by atoms with E-state index in [0.29, 0.717) is 18.2 Å². The minimum Gasteiger partial charge on any atom is -0.394 e. The summed E-state index contributed by atoms with van der Waals surface area (Å²) in [5.74, 6) is 0. The van der Waals surface area contributed by atoms with E-state index in [4.69, 9.17) is 10.00 Å². The molecule has 2 atom stereocenters. The van der Waals surface area contributed by atoms with Crippen molar-refractivity contribution in [3.8, 4) is 6.07 Å². The number of halogens is 1. The van der Waals surface area contributed by atoms with Crippen molar-refractivity contribution in [2.75, 3.05) is 19.8 Å². The van der Waals surface area contributed by atoms with Crippen molar-refractivity contribution in [1.29, 1.82) is 5.26 Å². The van der Waals surface area contributed by atoms with Crippen LogP contribution < -0.4 is 0 Å². The molecule has 0 bridgehead atoms. The number of rotatable bonds is 3. The number of hydrogen-bond donors (Lipinski definition) is 1. The molecule has 1 fully saturated rings. The summed E-state index contributed by atoms with van der Waals surface area (Å²) in [5.41, 5.74) is 1.79. The Kier molecular flexibility index (Phi) is 4.94. The molecule has 0 aromatic heterocycles. The lowest BCUT2D eigenvalue weighted by atomic mass is 10.1. The van der Waals surface area contributed by atoms with Gasteiger partial charge in [0.05, 0.1) is 31.0 Å². The van der Waals surface area contributed by atoms with Gasteiger partial charge in [0.2, 0.25) is 0 Å². The summed E-state index contributed by atoms with van der Waals surface area (Å²) in [6.07, 6.45) is -0.103. The lowest BCUT2D eigenvalue weighted by molar-refractivity contribution is -0.0806. The number of aliphatic hydroxyl groups is 1. The lowest BCUT2D eigenvalue weighted by Crippen LogP contribution is -2.48. The van der Waals surface area contributed by atoms with E-state index in [0.717, 1.165) is 23.1 Å². The summed E-state index contributed by atoms with van der Waals surface area (Å²) in [5, 5.41) is 18.0. The van der Waals surface area contributed by atoms with Crippen LogP contribution in [0.2, 0.25) is 0 Å². The minimum atomic E-state index is -0.103. The fourth-order valence-electron chi connectivity index (χ4n) is 2.17. The van der Waals surface area contributed by atoms with Gasteiger partial charge < -0.3 is 9.84 Å². The van der Waals surface area contributed by atoms with Crippen molar-refractivity contribution in [3.05, 3.63) is 33.8 Å². The third-order valence-electron chi connectivity index (χ3n) is 3.39. The first-order chi connectivity index (χ1) is 9.13. The quantitative estimate of drug-likeness (QED) is 0.922. The molecule has 0 unspecified atom stereocenters. The molecule has 0 aliphatic carbocycles. The standard InChI is InChI=1S/C14H17BrN2O2/c1-10-9-19-13(8-18)7-17(10)6-12-3-2-11(5-16)4-14(12)15/h2-4,10,13,18H,6-9H2,1H3/t10-,13+/m1/s1. The van der Waals surface area contributed by atoms with Crippen LogP contribution in [0.4, 0.5) is 0 Å². The van der Waals surface area contributed by atoms with Gasteiger partial charge >= 0.3 is 0 Å². The first kappa shape index (κ1) is 14.5. The molecule has 1 N–H and O–H groups in total. The first-order valence-corrected chi connectivity index (χ1v) is 7.08. The largest absolute Gasteiger partial charge is 0.394 e. The maximum Gasteiger partial charge on any atom is 0.0992 e. The second-order valence-electron chi connectivity index (χ2n) is 4.83. The van der Waals surface area contributed by atoms with E-state index in [1.165, 1.54) is 0 Å². The van der Waals surface area contributed by atoms with Gasteiger partial charge in [-0.1, -0.05) is 22.0 Å². The zero-order chi connectivity index (χ0) is 13.8. The third kappa shape index (κ3) is 3.54. The second-order valence-corrected chi connectivity index (χ2v) is 5.69. The van der Waals surface area contributed by atoms with Crippen molar-refractivity contribution in [3.63, 3.8) is 0 Å². The predicted molar refractivity (Wildman–Crippen MR) is 75.6 cm³/mol. The van der Waals surface area contributed by atoms with Crippen molar-refractivity contribution >= 4 is 15.9 Å². The molecule has 0 spiro atoms. The minimum absolute atomic E-state index is 0.0533. The average Bonchev–Trinajstić information content (AvgIpc) is 2.43. The number of morpholine rings is 1. The van der Waals surface area contributed by atoms with E-state index in [1.54, 1.807) is 0 Å². The Morgan fingerprint density at radius 2 is 2.37 bits per heavy atom. The van der Waals surface area contributed by atoms with Gasteiger partial charge in [-0.3, -0.25) is 4.90 Å². The van der Waals surface area contributed by atoms with Gasteiger partial charge in [-0.25, -0.2) is 0 Å². The number of hydrogen-bond acceptors (Lipinski definition) is 4. The van der Waals surface area contributed by atoms with Crippen LogP contribution in [0.25, 0.3) is 0 Å². The van der Waals surface area contributed by atoms with Crippen molar-refractivity contribution in [2.24, 2.45) is 0 Å². The molecule has 102 valence electrons. The maximum absolute atomic E-state index is 9.19. The highest BCUT2D eigenvalue weighted by molar-refractivity contribution is 9.10. The molecule has 5 heteroatoms. The molecule has 1 aromatic rings. The lowest BCUT2D eigenvalue weighted by Gasteiger charge is -2.37. The van der Waals surface area contributed by atoms with Crippen LogP contribution in [0.3, 0.4) is 0 Å². The van der Waals surface area contributed by atoms with E-state index in [1.807, 2.05) is 18.2 Å². The molecule has 1 heterocycles. The number of aliphatic hydroxyl groups excluding tert-OH is 1. The van der Waals surface area contributed by atoms with Crippen molar-refractivity contribution < 1.29 is 9.84 Å². The van der Waals surface area contributed by atoms with E-state index in [-0.39, 0.29) is 12.7 Å². The van der Waals surface area contributed by atoms with Crippen LogP contribution in [-0.4, -0.2) is 41.9 Å². The molecular weight excluding hydrogens is 308 g/mol. The molecule has 1 aromatic carbocycles. The monoisotopic (exact) mass is 324 g/mol. The molecule has 2 rings (SSSR count). The zero-order valence-corrected chi connectivity index (χ0v) is 12.4. The van der Waals surface area contributed by atoms with Crippen LogP contribution in [0.1, 0.15) is 18.1 Å². The smallest absolute Gasteiger partial charge is 0.0992 e. The number of nitrogens with zero attached hydrogens (tertiary/aromatic N) is 2. The van der Waals surface area contributed by atoms with Gasteiger partial charge in [0, 0.05) is 23.6 Å². The highest BCUT2D eigenvalue weighted by Gasteiger charge is 2.25. The van der Waals surface area contributed by atoms with Gasteiger partial charge in [-0.05, 0) is 24.6 Å². The van der Waals surface area contributed by atoms with Gasteiger partial charge in [0.1, 0.15) is 0 Å². The van der Waals surface area contributed by atoms with Crippen LogP contribution >= 0.6 is 15.9 Å². The third-order valence-corrected chi connectivity index (χ3v) is 4.13. The SMILES string of the molecule is C[C@@H]1CO[C@H](CO)CN1Cc1ccc(C#N)cc1Br. The Balaban J connectivity index is 2.09. The Morgan fingerprint density at radius 3 is 3.00 bits per heavy atom. The number of benzene rings is 1. The van der Waals surface area contributed by atoms with Gasteiger partial charge in [-0.2, -0.15) is 5.26 Å². The van der Waals surface area contributed by atoms with Crippen LogP contribution in [0, 0.1) is 11.3 Å². The topological polar surface area (TPSA) is 56.5 Å². The van der Waals surface area contributed by atoms with E-state index in [9.17, 15) is 5.11 Å². The molecule has 1 saturated heterocycles. The fraction of sp³-hybridized carbons (Fsp3) is 0.500. The Bertz CT molecular complexity index is 487. The fourth-order valence-corrected chi connectivity index (χ4v) is 2.67. The van der Waals surface area contributed by atoms with Gasteiger partial charge in [0.15, 0.2) is 0 Å². The molecule has 1 aliphatic heterocycles. The van der Waals surface area contributed by atoms with Gasteiger partial charge in [0.25, 0.3) is 0 Å². The molecule has 4 nitrogen and oxygen atoms in total. The Morgan fingerprint density at radius 1 is 1.58 bits per heavy atom. The predicted octanol–water partition coefficient (Wildman–Crippen LogP) is 1.90. The number of ether oxygens (including phenoxy) is 1. The molecular formula is C14H17BrN2O2. The van der Waals surface area contributed by atoms with Crippen LogP contribution in [0.5, 0.6) is 0 Å². The van der Waals surface area contributed by atoms with E-state index in [2.05, 4.69) is 33.8 Å².